The number of benzene rings is 2. The Balaban J connectivity index is 1.89. The highest BCUT2D eigenvalue weighted by atomic mass is 16.5. The van der Waals surface area contributed by atoms with Gasteiger partial charge >= 0.3 is 5.97 Å². The van der Waals surface area contributed by atoms with E-state index in [-0.39, 0.29) is 11.4 Å². The number of hydrogen-bond donors (Lipinski definition) is 0. The van der Waals surface area contributed by atoms with Crippen LogP contribution in [0.5, 0.6) is 5.75 Å². The maximum absolute atomic E-state index is 12.5. The first-order chi connectivity index (χ1) is 11.3. The van der Waals surface area contributed by atoms with E-state index in [4.69, 9.17) is 4.74 Å². The van der Waals surface area contributed by atoms with Crippen LogP contribution in [0.15, 0.2) is 54.6 Å². The molecule has 0 spiro atoms. The van der Waals surface area contributed by atoms with E-state index < -0.39 is 0 Å². The number of fused-ring (bicyclic) bond motifs is 1. The minimum Gasteiger partial charge on any atom is -0.421 e. The highest BCUT2D eigenvalue weighted by molar-refractivity contribution is 5.94. The van der Waals surface area contributed by atoms with E-state index in [0.29, 0.717) is 16.8 Å². The molecule has 0 radical (unpaired) electrons. The Kier molecular flexibility index (Phi) is 4.10. The number of para-hydroxylation sites is 1. The third-order valence-electron chi connectivity index (χ3n) is 4.01. The first-order valence-corrected chi connectivity index (χ1v) is 8.04. The van der Waals surface area contributed by atoms with Gasteiger partial charge in [-0.25, -0.2) is 9.78 Å². The fourth-order valence-electron chi connectivity index (χ4n) is 2.56. The highest BCUT2D eigenvalue weighted by Gasteiger charge is 2.16. The lowest BCUT2D eigenvalue weighted by Gasteiger charge is -2.18. The lowest BCUT2D eigenvalue weighted by atomic mass is 9.87. The van der Waals surface area contributed by atoms with Crippen molar-refractivity contribution in [3.05, 3.63) is 71.4 Å². The zero-order valence-electron chi connectivity index (χ0n) is 14.5. The normalized spacial score (nSPS) is 11.5. The van der Waals surface area contributed by atoms with Crippen LogP contribution in [0.25, 0.3) is 10.9 Å². The number of carbonyl (C=O) groups excluding carboxylic acids is 1. The van der Waals surface area contributed by atoms with Crippen molar-refractivity contribution >= 4 is 16.9 Å². The largest absolute Gasteiger partial charge is 0.421 e. The minimum atomic E-state index is -0.369. The third-order valence-corrected chi connectivity index (χ3v) is 4.01. The van der Waals surface area contributed by atoms with E-state index in [2.05, 4.69) is 25.8 Å². The van der Waals surface area contributed by atoms with E-state index in [9.17, 15) is 4.79 Å². The third kappa shape index (κ3) is 3.30. The molecule has 3 heteroatoms. The van der Waals surface area contributed by atoms with Gasteiger partial charge in [0.25, 0.3) is 0 Å². The predicted molar refractivity (Wildman–Crippen MR) is 96.6 cm³/mol. The molecule has 3 aromatic rings. The number of carbonyl (C=O) groups is 1. The Labute approximate surface area is 142 Å². The van der Waals surface area contributed by atoms with Crippen molar-refractivity contribution in [3.8, 4) is 5.75 Å². The Morgan fingerprint density at radius 2 is 1.67 bits per heavy atom. The van der Waals surface area contributed by atoms with Crippen LogP contribution in [0, 0.1) is 6.92 Å². The van der Waals surface area contributed by atoms with Crippen molar-refractivity contribution in [2.24, 2.45) is 0 Å². The van der Waals surface area contributed by atoms with Crippen LogP contribution in [-0.2, 0) is 5.41 Å². The van der Waals surface area contributed by atoms with Crippen LogP contribution in [0.3, 0.4) is 0 Å². The number of rotatable bonds is 2. The molecule has 3 nitrogen and oxygen atoms in total. The van der Waals surface area contributed by atoms with Gasteiger partial charge in [-0.3, -0.25) is 0 Å². The number of aromatic nitrogens is 1. The molecule has 0 amide bonds. The summed E-state index contributed by atoms with van der Waals surface area (Å²) in [6.07, 6.45) is 0. The van der Waals surface area contributed by atoms with Crippen molar-refractivity contribution in [2.75, 3.05) is 0 Å². The summed E-state index contributed by atoms with van der Waals surface area (Å²) in [4.78, 5) is 16.9. The van der Waals surface area contributed by atoms with Crippen LogP contribution in [-0.4, -0.2) is 11.0 Å². The van der Waals surface area contributed by atoms with Crippen LogP contribution >= 0.6 is 0 Å². The quantitative estimate of drug-likeness (QED) is 0.489. The van der Waals surface area contributed by atoms with Gasteiger partial charge in [0.2, 0.25) is 0 Å². The molecule has 2 aromatic carbocycles. The Morgan fingerprint density at radius 1 is 0.958 bits per heavy atom. The molecular weight excluding hydrogens is 298 g/mol. The van der Waals surface area contributed by atoms with Crippen molar-refractivity contribution in [3.63, 3.8) is 0 Å². The van der Waals surface area contributed by atoms with E-state index in [0.717, 1.165) is 11.1 Å². The summed E-state index contributed by atoms with van der Waals surface area (Å²) in [5.74, 6) is 0.118. The molecule has 0 unspecified atom stereocenters. The van der Waals surface area contributed by atoms with Gasteiger partial charge in [0, 0.05) is 11.1 Å². The number of ether oxygens (including phenoxy) is 1. The van der Waals surface area contributed by atoms with Crippen LogP contribution < -0.4 is 4.74 Å². The van der Waals surface area contributed by atoms with Crippen molar-refractivity contribution < 1.29 is 9.53 Å². The molecule has 0 saturated heterocycles. The fraction of sp³-hybridized carbons (Fsp3) is 0.238. The predicted octanol–water partition coefficient (Wildman–Crippen LogP) is 5.06. The van der Waals surface area contributed by atoms with Gasteiger partial charge in [0.15, 0.2) is 5.75 Å². The molecule has 3 rings (SSSR count). The number of esters is 1. The van der Waals surface area contributed by atoms with Crippen LogP contribution in [0.4, 0.5) is 0 Å². The summed E-state index contributed by atoms with van der Waals surface area (Å²) in [6.45, 7) is 8.35. The SMILES string of the molecule is Cc1ccc2cccc(OC(=O)c3ccc(C(C)(C)C)cc3)c2n1. The minimum absolute atomic E-state index is 0.0551. The van der Waals surface area contributed by atoms with Gasteiger partial charge in [-0.2, -0.15) is 0 Å². The molecule has 122 valence electrons. The lowest BCUT2D eigenvalue weighted by Crippen LogP contribution is -2.13. The second kappa shape index (κ2) is 6.08. The van der Waals surface area contributed by atoms with Gasteiger partial charge in [-0.15, -0.1) is 0 Å². The summed E-state index contributed by atoms with van der Waals surface area (Å²) in [6, 6.07) is 17.1. The summed E-state index contributed by atoms with van der Waals surface area (Å²) < 4.78 is 5.59. The van der Waals surface area contributed by atoms with E-state index in [1.165, 1.54) is 5.56 Å². The Bertz CT molecular complexity index is 890. The smallest absolute Gasteiger partial charge is 0.343 e. The van der Waals surface area contributed by atoms with E-state index in [1.54, 1.807) is 6.07 Å². The van der Waals surface area contributed by atoms with E-state index >= 15 is 0 Å². The zero-order chi connectivity index (χ0) is 17.3. The average molecular weight is 319 g/mol. The molecule has 0 aliphatic rings. The molecule has 1 heterocycles. The monoisotopic (exact) mass is 319 g/mol. The fourth-order valence-corrected chi connectivity index (χ4v) is 2.56. The van der Waals surface area contributed by atoms with Gasteiger partial charge in [-0.05, 0) is 42.2 Å². The Hall–Kier alpha value is -2.68. The molecule has 0 atom stereocenters. The number of hydrogen-bond acceptors (Lipinski definition) is 3. The summed E-state index contributed by atoms with van der Waals surface area (Å²) in [5, 5.41) is 0.953. The maximum Gasteiger partial charge on any atom is 0.343 e. The average Bonchev–Trinajstić information content (AvgIpc) is 2.54. The molecule has 0 saturated carbocycles. The summed E-state index contributed by atoms with van der Waals surface area (Å²) in [7, 11) is 0. The zero-order valence-corrected chi connectivity index (χ0v) is 14.5. The van der Waals surface area contributed by atoms with Crippen LogP contribution in [0.2, 0.25) is 0 Å². The molecule has 24 heavy (non-hydrogen) atoms. The topological polar surface area (TPSA) is 39.2 Å². The maximum atomic E-state index is 12.5. The highest BCUT2D eigenvalue weighted by Crippen LogP contribution is 2.26. The van der Waals surface area contributed by atoms with Gasteiger partial charge in [0.1, 0.15) is 5.52 Å². The van der Waals surface area contributed by atoms with Gasteiger partial charge < -0.3 is 4.74 Å². The molecule has 1 aromatic heterocycles. The molecule has 0 aliphatic carbocycles. The lowest BCUT2D eigenvalue weighted by molar-refractivity contribution is 0.0736. The molecule has 0 fully saturated rings. The number of nitrogens with zero attached hydrogens (tertiary/aromatic N) is 1. The molecule has 0 aliphatic heterocycles. The number of aryl methyl sites for hydroxylation is 1. The summed E-state index contributed by atoms with van der Waals surface area (Å²) >= 11 is 0. The van der Waals surface area contributed by atoms with E-state index in [1.807, 2.05) is 55.5 Å². The molecular formula is C21H21NO2. The van der Waals surface area contributed by atoms with Crippen molar-refractivity contribution in [2.45, 2.75) is 33.1 Å². The van der Waals surface area contributed by atoms with Gasteiger partial charge in [-0.1, -0.05) is 51.1 Å². The summed E-state index contributed by atoms with van der Waals surface area (Å²) in [5.41, 5.74) is 3.37. The van der Waals surface area contributed by atoms with Crippen LogP contribution in [0.1, 0.15) is 42.4 Å². The number of pyridine rings is 1. The van der Waals surface area contributed by atoms with Gasteiger partial charge in [0.05, 0.1) is 5.56 Å². The second-order valence-electron chi connectivity index (χ2n) is 7.00. The standard InChI is InChI=1S/C21H21NO2/c1-14-8-9-15-6-5-7-18(19(15)22-14)24-20(23)16-10-12-17(13-11-16)21(2,3)4/h5-13H,1-4H3. The van der Waals surface area contributed by atoms with Crippen molar-refractivity contribution in [1.82, 2.24) is 4.98 Å². The first kappa shape index (κ1) is 16.2. The van der Waals surface area contributed by atoms with Crippen molar-refractivity contribution in [1.29, 1.82) is 0 Å². The second-order valence-corrected chi connectivity index (χ2v) is 7.00. The molecule has 0 N–H and O–H groups in total. The Morgan fingerprint density at radius 3 is 2.33 bits per heavy atom. The first-order valence-electron chi connectivity index (χ1n) is 8.04. The molecule has 0 bridgehead atoms.